The largest absolute Gasteiger partial charge is 0.459 e. The molecule has 17 atom stereocenters. The summed E-state index contributed by atoms with van der Waals surface area (Å²) < 4.78 is 37.7. The summed E-state index contributed by atoms with van der Waals surface area (Å²) in [6, 6.07) is -0.242. The number of methoxy groups -OCH3 is 1. The summed E-state index contributed by atoms with van der Waals surface area (Å²) >= 11 is 0. The molecular formula is C38H69NO12. The van der Waals surface area contributed by atoms with Gasteiger partial charge in [0.1, 0.15) is 29.7 Å². The van der Waals surface area contributed by atoms with Crippen LogP contribution in [0.5, 0.6) is 0 Å². The van der Waals surface area contributed by atoms with E-state index < -0.39 is 102 Å². The second-order valence-electron chi connectivity index (χ2n) is 17.1. The van der Waals surface area contributed by atoms with Crippen molar-refractivity contribution in [3.8, 4) is 0 Å². The average molecular weight is 732 g/mol. The average Bonchev–Trinajstić information content (AvgIpc) is 3.05. The van der Waals surface area contributed by atoms with Crippen LogP contribution in [-0.2, 0) is 38.0 Å². The lowest BCUT2D eigenvalue weighted by Gasteiger charge is -2.49. The number of aliphatic hydroxyl groups excluding tert-OH is 3. The number of ketones is 1. The zero-order chi connectivity index (χ0) is 39.0. The molecule has 3 heterocycles. The lowest BCUT2D eigenvalue weighted by Crippen LogP contribution is -2.60. The number of nitrogens with zero attached hydrogens (tertiary/aromatic N) is 1. The van der Waals surface area contributed by atoms with Crippen molar-refractivity contribution < 1.29 is 58.4 Å². The van der Waals surface area contributed by atoms with Crippen LogP contribution in [0.4, 0.5) is 0 Å². The zero-order valence-electron chi connectivity index (χ0n) is 33.5. The Balaban J connectivity index is 2.18. The minimum Gasteiger partial charge on any atom is -0.459 e. The van der Waals surface area contributed by atoms with Gasteiger partial charge >= 0.3 is 5.97 Å². The molecule has 51 heavy (non-hydrogen) atoms. The highest BCUT2D eigenvalue weighted by molar-refractivity contribution is 5.83. The third-order valence-corrected chi connectivity index (χ3v) is 12.1. The molecular weight excluding hydrogens is 662 g/mol. The molecule has 0 aromatic heterocycles. The maximum absolute atomic E-state index is 14.1. The van der Waals surface area contributed by atoms with Gasteiger partial charge in [-0.1, -0.05) is 41.5 Å². The van der Waals surface area contributed by atoms with Crippen LogP contribution < -0.4 is 0 Å². The van der Waals surface area contributed by atoms with E-state index in [1.165, 1.54) is 14.0 Å². The fourth-order valence-corrected chi connectivity index (χ4v) is 8.76. The van der Waals surface area contributed by atoms with E-state index in [9.17, 15) is 30.0 Å². The van der Waals surface area contributed by atoms with Gasteiger partial charge in [-0.15, -0.1) is 0 Å². The maximum Gasteiger partial charge on any atom is 0.311 e. The number of aliphatic hydroxyl groups is 4. The molecule has 298 valence electrons. The summed E-state index contributed by atoms with van der Waals surface area (Å²) in [5, 5.41) is 45.5. The molecule has 13 nitrogen and oxygen atoms in total. The quantitative estimate of drug-likeness (QED) is 0.282. The number of Topliss-reactive ketones (excluding diaryl/α,β-unsaturated/α-hetero) is 1. The van der Waals surface area contributed by atoms with Crippen LogP contribution in [0, 0.1) is 29.1 Å². The first-order chi connectivity index (χ1) is 23.4. The number of hydrogen-bond donors (Lipinski definition) is 4. The molecule has 13 heteroatoms. The predicted octanol–water partition coefficient (Wildman–Crippen LogP) is 3.06. The molecule has 0 spiro atoms. The molecule has 4 N–H and O–H groups in total. The summed E-state index contributed by atoms with van der Waals surface area (Å²) in [5.74, 6) is -4.01. The molecule has 3 saturated heterocycles. The number of cyclic esters (lactones) is 1. The Bertz CT molecular complexity index is 1170. The smallest absolute Gasteiger partial charge is 0.311 e. The predicted molar refractivity (Wildman–Crippen MR) is 189 cm³/mol. The first-order valence-electron chi connectivity index (χ1n) is 18.8. The second-order valence-corrected chi connectivity index (χ2v) is 17.1. The molecule has 0 radical (unpaired) electrons. The van der Waals surface area contributed by atoms with Gasteiger partial charge in [0.15, 0.2) is 12.6 Å². The van der Waals surface area contributed by atoms with Crippen LogP contribution in [0.1, 0.15) is 102 Å². The van der Waals surface area contributed by atoms with Crippen LogP contribution in [0.3, 0.4) is 0 Å². The Labute approximate surface area is 305 Å². The topological polar surface area (TPSA) is 174 Å². The maximum atomic E-state index is 14.1. The van der Waals surface area contributed by atoms with E-state index in [1.54, 1.807) is 41.5 Å². The number of hydrogen-bond acceptors (Lipinski definition) is 13. The van der Waals surface area contributed by atoms with Crippen LogP contribution in [0.25, 0.3) is 0 Å². The van der Waals surface area contributed by atoms with Crippen molar-refractivity contribution >= 4 is 11.8 Å². The Morgan fingerprint density at radius 1 is 0.882 bits per heavy atom. The normalized spacial score (nSPS) is 47.9. The van der Waals surface area contributed by atoms with Crippen LogP contribution in [0.15, 0.2) is 0 Å². The van der Waals surface area contributed by atoms with Crippen molar-refractivity contribution in [2.75, 3.05) is 21.2 Å². The first kappa shape index (κ1) is 44.1. The van der Waals surface area contributed by atoms with Crippen molar-refractivity contribution in [2.45, 2.75) is 181 Å². The van der Waals surface area contributed by atoms with Crippen molar-refractivity contribution in [3.63, 3.8) is 0 Å². The first-order valence-corrected chi connectivity index (χ1v) is 18.8. The highest BCUT2D eigenvalue weighted by Crippen LogP contribution is 2.43. The highest BCUT2D eigenvalue weighted by Gasteiger charge is 2.53. The van der Waals surface area contributed by atoms with Gasteiger partial charge in [0.2, 0.25) is 0 Å². The fraction of sp³-hybridized carbons (Fsp3) is 0.947. The number of ether oxygens (including phenoxy) is 6. The second kappa shape index (κ2) is 17.0. The van der Waals surface area contributed by atoms with Crippen molar-refractivity contribution in [3.05, 3.63) is 0 Å². The molecule has 0 bridgehead atoms. The number of carbonyl (C=O) groups is 2. The van der Waals surface area contributed by atoms with Crippen LogP contribution >= 0.6 is 0 Å². The van der Waals surface area contributed by atoms with E-state index >= 15 is 0 Å². The number of esters is 1. The number of rotatable bonds is 7. The van der Waals surface area contributed by atoms with Crippen LogP contribution in [0.2, 0.25) is 0 Å². The lowest BCUT2D eigenvalue weighted by molar-refractivity contribution is -0.313. The van der Waals surface area contributed by atoms with Gasteiger partial charge in [0.25, 0.3) is 0 Å². The lowest BCUT2D eigenvalue weighted by atomic mass is 9.69. The van der Waals surface area contributed by atoms with Crippen LogP contribution in [-0.4, -0.2) is 137 Å². The number of likely N-dealkylation sites (N-methyl/N-ethyl adjacent to an activating group) is 1. The van der Waals surface area contributed by atoms with Crippen molar-refractivity contribution in [2.24, 2.45) is 29.1 Å². The van der Waals surface area contributed by atoms with Crippen molar-refractivity contribution in [1.82, 2.24) is 4.90 Å². The van der Waals surface area contributed by atoms with Gasteiger partial charge in [0.05, 0.1) is 42.0 Å². The van der Waals surface area contributed by atoms with Gasteiger partial charge in [-0.05, 0) is 73.4 Å². The fourth-order valence-electron chi connectivity index (χ4n) is 8.76. The highest BCUT2D eigenvalue weighted by atomic mass is 16.7. The van der Waals surface area contributed by atoms with E-state index in [4.69, 9.17) is 28.4 Å². The Kier molecular flexibility index (Phi) is 14.7. The van der Waals surface area contributed by atoms with E-state index in [-0.39, 0.29) is 30.8 Å². The summed E-state index contributed by atoms with van der Waals surface area (Å²) in [5.41, 5.74) is -3.73. The molecule has 0 aliphatic carbocycles. The van der Waals surface area contributed by atoms with Gasteiger partial charge in [-0.2, -0.15) is 0 Å². The van der Waals surface area contributed by atoms with Gasteiger partial charge in [-0.3, -0.25) is 9.59 Å². The van der Waals surface area contributed by atoms with Gasteiger partial charge < -0.3 is 53.7 Å². The molecule has 3 rings (SSSR count). The van der Waals surface area contributed by atoms with E-state index in [0.29, 0.717) is 12.8 Å². The monoisotopic (exact) mass is 731 g/mol. The van der Waals surface area contributed by atoms with E-state index in [0.717, 1.165) is 0 Å². The van der Waals surface area contributed by atoms with E-state index in [2.05, 4.69) is 0 Å². The minimum atomic E-state index is -1.93. The molecule has 0 aromatic rings. The molecule has 3 aliphatic rings. The summed E-state index contributed by atoms with van der Waals surface area (Å²) in [7, 11) is 5.31. The molecule has 3 fully saturated rings. The van der Waals surface area contributed by atoms with Gasteiger partial charge in [-0.25, -0.2) is 0 Å². The minimum absolute atomic E-state index is 0.156. The summed E-state index contributed by atoms with van der Waals surface area (Å²) in [6.07, 6.45) is -7.84. The standard InChI is InChI=1S/C38H69NO12/c1-15-26-38(11,45)31(42)21(4)28(40)19(2)17-36(8,9)33(51-35-29(41)25(39(12)13)16-20(3)47-35)22(5)30(23(6)34(44)49-26)50-27-18-37(10,46-14)32(43)24(7)48-27/h19-27,29-33,35,41-43,45H,15-18H2,1-14H3/t19-,20-,21+,22+,23-,24+,25+,26-,27?,29-,30+,31-,32+,33-,35?,37-,38-/m1/s1. The Hall–Kier alpha value is -1.26. The van der Waals surface area contributed by atoms with Crippen molar-refractivity contribution in [1.29, 1.82) is 0 Å². The third kappa shape index (κ3) is 9.52. The zero-order valence-corrected chi connectivity index (χ0v) is 33.5. The van der Waals surface area contributed by atoms with E-state index in [1.807, 2.05) is 46.7 Å². The molecule has 2 unspecified atom stereocenters. The number of carbonyl (C=O) groups excluding carboxylic acids is 2. The van der Waals surface area contributed by atoms with Gasteiger partial charge in [0, 0.05) is 37.3 Å². The third-order valence-electron chi connectivity index (χ3n) is 12.1. The molecule has 0 saturated carbocycles. The summed E-state index contributed by atoms with van der Waals surface area (Å²) in [4.78, 5) is 30.0. The molecule has 0 aromatic carbocycles. The SMILES string of the molecule is CC[C@H]1OC(=O)[C@H](C)[C@@H](OC2C[C@@](C)(OC)[C@@H](O)[C@H](C)O2)[C@H](C)[C@@H](OC2O[C@H](C)C[C@H](N(C)C)[C@H]2O)C(C)(C)C[C@@H](C)C(=O)[C@H](C)[C@@H](O)[C@]1(C)O. The summed E-state index contributed by atoms with van der Waals surface area (Å²) in [6.45, 7) is 19.4. The molecule has 3 aliphatic heterocycles. The Morgan fingerprint density at radius 3 is 2.04 bits per heavy atom. The molecule has 0 amide bonds. The Morgan fingerprint density at radius 2 is 1.49 bits per heavy atom.